The fourth-order valence-electron chi connectivity index (χ4n) is 2.38. The zero-order valence-corrected chi connectivity index (χ0v) is 12.3. The van der Waals surface area contributed by atoms with E-state index in [9.17, 15) is 4.79 Å². The number of aliphatic hydroxyl groups is 1. The number of nitrogens with zero attached hydrogens (tertiary/aromatic N) is 1. The van der Waals surface area contributed by atoms with Gasteiger partial charge in [0.1, 0.15) is 0 Å². The molecule has 2 N–H and O–H groups in total. The third-order valence-corrected chi connectivity index (χ3v) is 4.40. The van der Waals surface area contributed by atoms with Crippen molar-refractivity contribution in [2.75, 3.05) is 19.7 Å². The minimum Gasteiger partial charge on any atom is -0.478 e. The minimum absolute atomic E-state index is 0.283. The highest BCUT2D eigenvalue weighted by Gasteiger charge is 2.19. The number of carbonyl (C=O) groups is 1. The number of halogens is 1. The summed E-state index contributed by atoms with van der Waals surface area (Å²) in [6.07, 6.45) is 2.06. The molecule has 0 radical (unpaired) electrons. The molecule has 104 valence electrons. The average Bonchev–Trinajstić information content (AvgIpc) is 2.41. The molecular formula is C14H18BrNO3. The van der Waals surface area contributed by atoms with Gasteiger partial charge in [0.15, 0.2) is 0 Å². The summed E-state index contributed by atoms with van der Waals surface area (Å²) in [5.74, 6) is -0.468. The highest BCUT2D eigenvalue weighted by atomic mass is 79.9. The number of aliphatic hydroxyl groups excluding tert-OH is 1. The Hall–Kier alpha value is -0.910. The summed E-state index contributed by atoms with van der Waals surface area (Å²) < 4.78 is 0.844. The molecule has 1 aromatic carbocycles. The van der Waals surface area contributed by atoms with E-state index in [1.807, 2.05) is 6.07 Å². The lowest BCUT2D eigenvalue weighted by Gasteiger charge is -2.31. The quantitative estimate of drug-likeness (QED) is 0.891. The molecule has 0 bridgehead atoms. The van der Waals surface area contributed by atoms with Gasteiger partial charge in [-0.3, -0.25) is 4.90 Å². The number of aromatic carboxylic acids is 1. The summed E-state index contributed by atoms with van der Waals surface area (Å²) in [4.78, 5) is 13.2. The third-order valence-electron chi connectivity index (χ3n) is 3.66. The normalized spacial score (nSPS) is 17.6. The molecule has 1 fully saturated rings. The van der Waals surface area contributed by atoms with Crippen LogP contribution in [0.25, 0.3) is 0 Å². The summed E-state index contributed by atoms with van der Waals surface area (Å²) in [5.41, 5.74) is 1.40. The summed E-state index contributed by atoms with van der Waals surface area (Å²) >= 11 is 3.44. The standard InChI is InChI=1S/C14H18BrNO3/c15-13-7-11(14(18)19)1-2-12(13)8-16-5-3-10(9-17)4-6-16/h1-2,7,10,17H,3-6,8-9H2,(H,18,19). The van der Waals surface area contributed by atoms with Crippen LogP contribution in [0.2, 0.25) is 0 Å². The molecule has 0 aliphatic carbocycles. The van der Waals surface area contributed by atoms with Crippen LogP contribution in [0.15, 0.2) is 22.7 Å². The second kappa shape index (κ2) is 6.50. The van der Waals surface area contributed by atoms with Crippen LogP contribution in [-0.2, 0) is 6.54 Å². The van der Waals surface area contributed by atoms with E-state index in [1.54, 1.807) is 12.1 Å². The molecule has 0 amide bonds. The van der Waals surface area contributed by atoms with Crippen molar-refractivity contribution in [3.05, 3.63) is 33.8 Å². The number of rotatable bonds is 4. The molecule has 0 aromatic heterocycles. The number of benzene rings is 1. The predicted octanol–water partition coefficient (Wildman–Crippen LogP) is 2.35. The molecule has 0 atom stereocenters. The van der Waals surface area contributed by atoms with E-state index < -0.39 is 5.97 Å². The van der Waals surface area contributed by atoms with Crippen LogP contribution in [0.3, 0.4) is 0 Å². The molecule has 0 unspecified atom stereocenters. The first-order chi connectivity index (χ1) is 9.10. The van der Waals surface area contributed by atoms with Gasteiger partial charge in [0.2, 0.25) is 0 Å². The van der Waals surface area contributed by atoms with Crippen molar-refractivity contribution in [1.82, 2.24) is 4.90 Å². The average molecular weight is 328 g/mol. The first kappa shape index (κ1) is 14.5. The molecule has 0 saturated carbocycles. The van der Waals surface area contributed by atoms with Crippen molar-refractivity contribution in [2.45, 2.75) is 19.4 Å². The topological polar surface area (TPSA) is 60.8 Å². The number of piperidine rings is 1. The van der Waals surface area contributed by atoms with E-state index in [2.05, 4.69) is 20.8 Å². The van der Waals surface area contributed by atoms with Crippen LogP contribution in [0, 0.1) is 5.92 Å². The highest BCUT2D eigenvalue weighted by molar-refractivity contribution is 9.10. The van der Waals surface area contributed by atoms with Crippen LogP contribution in [0.5, 0.6) is 0 Å². The Morgan fingerprint density at radius 2 is 2.05 bits per heavy atom. The van der Waals surface area contributed by atoms with Crippen molar-refractivity contribution in [1.29, 1.82) is 0 Å². The molecule has 1 heterocycles. The number of carboxylic acids is 1. The minimum atomic E-state index is -0.906. The second-order valence-electron chi connectivity index (χ2n) is 5.01. The molecule has 0 spiro atoms. The van der Waals surface area contributed by atoms with Crippen LogP contribution in [0.4, 0.5) is 0 Å². The smallest absolute Gasteiger partial charge is 0.335 e. The van der Waals surface area contributed by atoms with Crippen molar-refractivity contribution in [3.8, 4) is 0 Å². The van der Waals surface area contributed by atoms with E-state index >= 15 is 0 Å². The lowest BCUT2D eigenvalue weighted by molar-refractivity contribution is 0.0696. The van der Waals surface area contributed by atoms with Crippen LogP contribution >= 0.6 is 15.9 Å². The molecule has 5 heteroatoms. The zero-order chi connectivity index (χ0) is 13.8. The molecule has 1 saturated heterocycles. The highest BCUT2D eigenvalue weighted by Crippen LogP contribution is 2.23. The fourth-order valence-corrected chi connectivity index (χ4v) is 2.88. The molecule has 1 aliphatic rings. The van der Waals surface area contributed by atoms with Gasteiger partial charge in [-0.05, 0) is 49.5 Å². The molecular weight excluding hydrogens is 310 g/mol. The van der Waals surface area contributed by atoms with Gasteiger partial charge in [0.25, 0.3) is 0 Å². The Kier molecular flexibility index (Phi) is 4.96. The Morgan fingerprint density at radius 1 is 1.37 bits per heavy atom. The number of hydrogen-bond donors (Lipinski definition) is 2. The first-order valence-electron chi connectivity index (χ1n) is 6.45. The molecule has 4 nitrogen and oxygen atoms in total. The zero-order valence-electron chi connectivity index (χ0n) is 10.7. The summed E-state index contributed by atoms with van der Waals surface area (Å²) in [6, 6.07) is 5.16. The summed E-state index contributed by atoms with van der Waals surface area (Å²) in [6.45, 7) is 3.07. The van der Waals surface area contributed by atoms with Gasteiger partial charge in [-0.15, -0.1) is 0 Å². The van der Waals surface area contributed by atoms with Crippen molar-refractivity contribution in [3.63, 3.8) is 0 Å². The summed E-state index contributed by atoms with van der Waals surface area (Å²) in [7, 11) is 0. The van der Waals surface area contributed by atoms with Gasteiger partial charge in [-0.1, -0.05) is 22.0 Å². The Morgan fingerprint density at radius 3 is 2.58 bits per heavy atom. The van der Waals surface area contributed by atoms with Crippen molar-refractivity contribution < 1.29 is 15.0 Å². The molecule has 1 aliphatic heterocycles. The van der Waals surface area contributed by atoms with Gasteiger partial charge in [0.05, 0.1) is 5.56 Å². The number of hydrogen-bond acceptors (Lipinski definition) is 3. The van der Waals surface area contributed by atoms with E-state index in [-0.39, 0.29) is 6.61 Å². The maximum absolute atomic E-state index is 10.9. The second-order valence-corrected chi connectivity index (χ2v) is 5.87. The third kappa shape index (κ3) is 3.78. The number of carboxylic acid groups (broad SMARTS) is 1. The van der Waals surface area contributed by atoms with Gasteiger partial charge in [-0.25, -0.2) is 4.79 Å². The molecule has 19 heavy (non-hydrogen) atoms. The fraction of sp³-hybridized carbons (Fsp3) is 0.500. The van der Waals surface area contributed by atoms with Gasteiger partial charge in [-0.2, -0.15) is 0 Å². The van der Waals surface area contributed by atoms with Crippen molar-refractivity contribution in [2.24, 2.45) is 5.92 Å². The first-order valence-corrected chi connectivity index (χ1v) is 7.24. The van der Waals surface area contributed by atoms with E-state index in [0.29, 0.717) is 11.5 Å². The van der Waals surface area contributed by atoms with Crippen LogP contribution < -0.4 is 0 Å². The maximum Gasteiger partial charge on any atom is 0.335 e. The Labute approximate surface area is 121 Å². The van der Waals surface area contributed by atoms with Crippen molar-refractivity contribution >= 4 is 21.9 Å². The monoisotopic (exact) mass is 327 g/mol. The number of likely N-dealkylation sites (tertiary alicyclic amines) is 1. The molecule has 2 rings (SSSR count). The summed E-state index contributed by atoms with van der Waals surface area (Å²) in [5, 5.41) is 18.0. The van der Waals surface area contributed by atoms with E-state index in [1.165, 1.54) is 0 Å². The Bertz CT molecular complexity index is 456. The Balaban J connectivity index is 1.98. The van der Waals surface area contributed by atoms with Gasteiger partial charge < -0.3 is 10.2 Å². The lowest BCUT2D eigenvalue weighted by Crippen LogP contribution is -2.34. The maximum atomic E-state index is 10.9. The predicted molar refractivity (Wildman–Crippen MR) is 76.2 cm³/mol. The van der Waals surface area contributed by atoms with Gasteiger partial charge in [0, 0.05) is 17.6 Å². The van der Waals surface area contributed by atoms with Gasteiger partial charge >= 0.3 is 5.97 Å². The van der Waals surface area contributed by atoms with Crippen LogP contribution in [-0.4, -0.2) is 40.8 Å². The van der Waals surface area contributed by atoms with E-state index in [4.69, 9.17) is 10.2 Å². The SMILES string of the molecule is O=C(O)c1ccc(CN2CCC(CO)CC2)c(Br)c1. The largest absolute Gasteiger partial charge is 0.478 e. The molecule has 1 aromatic rings. The van der Waals surface area contributed by atoms with Crippen LogP contribution in [0.1, 0.15) is 28.8 Å². The van der Waals surface area contributed by atoms with E-state index in [0.717, 1.165) is 42.5 Å². The lowest BCUT2D eigenvalue weighted by atomic mass is 9.97.